The Bertz CT molecular complexity index is 1200. The van der Waals surface area contributed by atoms with Gasteiger partial charge in [0, 0.05) is 37.3 Å². The Morgan fingerprint density at radius 1 is 0.438 bits per heavy atom. The highest BCUT2D eigenvalue weighted by molar-refractivity contribution is 5.05. The number of likely N-dealkylation sites (tertiary alicyclic amines) is 1. The Hall–Kier alpha value is -0.280. The number of hydrogen-bond acceptors (Lipinski definition) is 7. The van der Waals surface area contributed by atoms with Crippen LogP contribution in [0.1, 0.15) is 208 Å². The lowest BCUT2D eigenvalue weighted by molar-refractivity contribution is -0.0503. The van der Waals surface area contributed by atoms with Crippen LogP contribution in [0.4, 0.5) is 0 Å². The van der Waals surface area contributed by atoms with Crippen molar-refractivity contribution in [2.45, 2.75) is 226 Å². The summed E-state index contributed by atoms with van der Waals surface area (Å²) in [7, 11) is 0. The predicted octanol–water partition coefficient (Wildman–Crippen LogP) is 11.8. The molecular weight excluding hydrogens is 783 g/mol. The summed E-state index contributed by atoms with van der Waals surface area (Å²) in [5.74, 6) is 5.60. The van der Waals surface area contributed by atoms with E-state index in [2.05, 4.69) is 156 Å². The average molecular weight is 901 g/mol. The summed E-state index contributed by atoms with van der Waals surface area (Å²) in [5.41, 5.74) is 9.57. The van der Waals surface area contributed by atoms with Gasteiger partial charge in [0.1, 0.15) is 0 Å². The molecule has 0 bridgehead atoms. The lowest BCUT2D eigenvalue weighted by atomic mass is 9.52. The summed E-state index contributed by atoms with van der Waals surface area (Å²) in [5, 5.41) is 17.2. The summed E-state index contributed by atoms with van der Waals surface area (Å²) < 4.78 is 0. The number of rotatable bonds is 0. The van der Waals surface area contributed by atoms with Gasteiger partial charge in [0.2, 0.25) is 0 Å². The van der Waals surface area contributed by atoms with Crippen molar-refractivity contribution in [1.82, 2.24) is 31.5 Å². The minimum atomic E-state index is 0.356. The zero-order valence-corrected chi connectivity index (χ0v) is 46.6. The average Bonchev–Trinajstić information content (AvgIpc) is 3.88. The van der Waals surface area contributed by atoms with Gasteiger partial charge in [0.05, 0.1) is 0 Å². The van der Waals surface area contributed by atoms with Crippen LogP contribution in [0.3, 0.4) is 0 Å². The van der Waals surface area contributed by atoms with Gasteiger partial charge in [-0.15, -0.1) is 0 Å². The second kappa shape index (κ2) is 25.0. The van der Waals surface area contributed by atoms with E-state index in [0.717, 1.165) is 47.0 Å². The zero-order chi connectivity index (χ0) is 48.2. The third-order valence-corrected chi connectivity index (χ3v) is 17.6. The monoisotopic (exact) mass is 900 g/mol. The van der Waals surface area contributed by atoms with Crippen LogP contribution >= 0.6 is 0 Å². The van der Waals surface area contributed by atoms with Gasteiger partial charge < -0.3 is 32.3 Å². The lowest BCUT2D eigenvalue weighted by Gasteiger charge is -2.58. The van der Waals surface area contributed by atoms with Gasteiger partial charge in [-0.1, -0.05) is 104 Å². The number of hydrogen-bond donors (Lipinski definition) is 6. The fraction of sp³-hybridized carbons (Fsp3) is 1.00. The Morgan fingerprint density at radius 3 is 1.27 bits per heavy atom. The molecule has 6 saturated heterocycles. The van der Waals surface area contributed by atoms with Gasteiger partial charge >= 0.3 is 0 Å². The molecule has 6 aliphatic heterocycles. The first-order valence-electron chi connectivity index (χ1n) is 27.5. The van der Waals surface area contributed by atoms with Crippen LogP contribution in [-0.4, -0.2) is 94.5 Å². The van der Waals surface area contributed by atoms with Gasteiger partial charge in [0.25, 0.3) is 0 Å². The van der Waals surface area contributed by atoms with Crippen molar-refractivity contribution < 1.29 is 0 Å². The topological polar surface area (TPSA) is 89.4 Å². The molecule has 1 spiro atoms. The summed E-state index contributed by atoms with van der Waals surface area (Å²) in [4.78, 5) is 2.62. The molecule has 8 aliphatic rings. The van der Waals surface area contributed by atoms with Crippen molar-refractivity contribution in [3.8, 4) is 0 Å². The van der Waals surface area contributed by atoms with Crippen LogP contribution in [0, 0.1) is 68.0 Å². The van der Waals surface area contributed by atoms with Crippen LogP contribution in [0.2, 0.25) is 0 Å². The largest absolute Gasteiger partial charge is 0.328 e. The summed E-state index contributed by atoms with van der Waals surface area (Å²) in [6.45, 7) is 55.9. The highest BCUT2D eigenvalue weighted by Gasteiger charge is 2.51. The minimum absolute atomic E-state index is 0.356. The van der Waals surface area contributed by atoms with Crippen molar-refractivity contribution in [2.75, 3.05) is 72.0 Å². The van der Waals surface area contributed by atoms with E-state index in [0.29, 0.717) is 38.7 Å². The molecule has 0 aromatic carbocycles. The molecule has 2 aliphatic carbocycles. The SMILES string of the molecule is CC(C)(C)C1CC2(CNC2)C1.CC(C)(C)C1CCC(N)CC1.CC(C)(C)C1CCCNC1.CC(C)(C)C1CCNC1.CC(C)(C)C1CCNCC1.CC(C)(C)N1CCC2CCNC2C1. The molecule has 7 nitrogen and oxygen atoms in total. The molecule has 0 aromatic heterocycles. The second-order valence-corrected chi connectivity index (χ2v) is 28.9. The van der Waals surface area contributed by atoms with Crippen molar-refractivity contribution >= 4 is 0 Å². The molecule has 0 radical (unpaired) electrons. The zero-order valence-electron chi connectivity index (χ0n) is 46.6. The first kappa shape index (κ1) is 58.0. The fourth-order valence-corrected chi connectivity index (χ4v) is 11.7. The van der Waals surface area contributed by atoms with Gasteiger partial charge in [-0.05, 0) is 225 Å². The van der Waals surface area contributed by atoms with Crippen LogP contribution in [0.15, 0.2) is 0 Å². The Balaban J connectivity index is 0.000000205. The van der Waals surface area contributed by atoms with Gasteiger partial charge in [0.15, 0.2) is 0 Å². The molecule has 2 saturated carbocycles. The lowest BCUT2D eigenvalue weighted by Crippen LogP contribution is -2.61. The van der Waals surface area contributed by atoms with Crippen molar-refractivity contribution in [3.63, 3.8) is 0 Å². The fourth-order valence-electron chi connectivity index (χ4n) is 11.7. The molecule has 8 fully saturated rings. The van der Waals surface area contributed by atoms with Gasteiger partial charge in [-0.25, -0.2) is 0 Å². The first-order chi connectivity index (χ1) is 29.4. The predicted molar refractivity (Wildman–Crippen MR) is 283 cm³/mol. The van der Waals surface area contributed by atoms with Crippen LogP contribution in [-0.2, 0) is 0 Å². The summed E-state index contributed by atoms with van der Waals surface area (Å²) in [6.07, 6.45) is 17.8. The normalized spacial score (nSPS) is 30.4. The molecule has 380 valence electrons. The van der Waals surface area contributed by atoms with E-state index in [1.165, 1.54) is 155 Å². The maximum atomic E-state index is 5.84. The summed E-state index contributed by atoms with van der Waals surface area (Å²) in [6, 6.07) is 1.28. The van der Waals surface area contributed by atoms with Crippen LogP contribution in [0.25, 0.3) is 0 Å². The third-order valence-electron chi connectivity index (χ3n) is 17.6. The third kappa shape index (κ3) is 20.4. The second-order valence-electron chi connectivity index (χ2n) is 28.9. The first-order valence-corrected chi connectivity index (χ1v) is 27.5. The smallest absolute Gasteiger partial charge is 0.0224 e. The molecule has 64 heavy (non-hydrogen) atoms. The van der Waals surface area contributed by atoms with E-state index in [4.69, 9.17) is 5.73 Å². The quantitative estimate of drug-likeness (QED) is 0.144. The number of nitrogens with two attached hydrogens (primary N) is 1. The van der Waals surface area contributed by atoms with Crippen LogP contribution in [0.5, 0.6) is 0 Å². The van der Waals surface area contributed by atoms with Gasteiger partial charge in [-0.3, -0.25) is 4.90 Å². The molecule has 0 amide bonds. The molecule has 6 heterocycles. The van der Waals surface area contributed by atoms with Crippen LogP contribution < -0.4 is 32.3 Å². The van der Waals surface area contributed by atoms with E-state index in [1.54, 1.807) is 0 Å². The molecular formula is C57H117N7. The Kier molecular flexibility index (Phi) is 22.7. The molecule has 7 N–H and O–H groups in total. The van der Waals surface area contributed by atoms with E-state index in [1.807, 2.05) is 0 Å². The van der Waals surface area contributed by atoms with Gasteiger partial charge in [-0.2, -0.15) is 0 Å². The molecule has 0 aromatic rings. The molecule has 7 heteroatoms. The highest BCUT2D eigenvalue weighted by atomic mass is 15.2. The number of fused-ring (bicyclic) bond motifs is 1. The minimum Gasteiger partial charge on any atom is -0.328 e. The highest BCUT2D eigenvalue weighted by Crippen LogP contribution is 2.54. The van der Waals surface area contributed by atoms with E-state index >= 15 is 0 Å². The molecule has 4 unspecified atom stereocenters. The van der Waals surface area contributed by atoms with Crippen molar-refractivity contribution in [2.24, 2.45) is 73.7 Å². The summed E-state index contributed by atoms with van der Waals surface area (Å²) >= 11 is 0. The maximum Gasteiger partial charge on any atom is 0.0224 e. The Labute approximate surface area is 401 Å². The van der Waals surface area contributed by atoms with Crippen molar-refractivity contribution in [3.05, 3.63) is 0 Å². The van der Waals surface area contributed by atoms with E-state index in [-0.39, 0.29) is 0 Å². The van der Waals surface area contributed by atoms with E-state index < -0.39 is 0 Å². The number of nitrogens with zero attached hydrogens (tertiary/aromatic N) is 1. The standard InChI is InChI=1S/C11H22N2.C10H19N.C10H21N.2C9H19N.C8H17N/c1-11(2,3)13-7-5-9-4-6-12-10(9)8-13;1-9(2,3)8-4-10(5-8)6-11-7-10;1-10(2,3)8-4-6-9(11)7-5-8;1-9(2,3)8-4-6-10-7-5-8;1-9(2,3)8-5-4-6-10-7-8;1-8(2,3)7-4-5-9-6-7/h9-10,12H,4-8H2,1-3H3;8,11H,4-7H2,1-3H3;8-9H,4-7,11H2,1-3H3;2*8,10H,4-7H2,1-3H3;7,9H,4-6H2,1-3H3. The molecule has 8 rings (SSSR count). The Morgan fingerprint density at radius 2 is 0.891 bits per heavy atom. The number of piperidine rings is 3. The maximum absolute atomic E-state index is 5.84. The molecule has 4 atom stereocenters. The number of nitrogens with one attached hydrogen (secondary N) is 5. The van der Waals surface area contributed by atoms with Crippen molar-refractivity contribution in [1.29, 1.82) is 0 Å². The van der Waals surface area contributed by atoms with E-state index in [9.17, 15) is 0 Å².